The number of hydrogen-bond acceptors (Lipinski definition) is 3. The van der Waals surface area contributed by atoms with Crippen LogP contribution in [0.25, 0.3) is 0 Å². The molecule has 2 aromatic rings. The molecule has 1 aromatic heterocycles. The average Bonchev–Trinajstić information content (AvgIpc) is 2.90. The number of benzene rings is 1. The van der Waals surface area contributed by atoms with Crippen molar-refractivity contribution in [2.75, 3.05) is 5.32 Å². The van der Waals surface area contributed by atoms with Crippen molar-refractivity contribution in [3.63, 3.8) is 0 Å². The second-order valence-electron chi connectivity index (χ2n) is 5.24. The van der Waals surface area contributed by atoms with E-state index >= 15 is 0 Å². The minimum atomic E-state index is 0.268. The highest BCUT2D eigenvalue weighted by atomic mass is 32.1. The largest absolute Gasteiger partial charge is 0.389 e. The number of nitrogens with two attached hydrogens (primary N) is 1. The van der Waals surface area contributed by atoms with Crippen molar-refractivity contribution in [1.29, 1.82) is 0 Å². The molecule has 0 spiro atoms. The van der Waals surface area contributed by atoms with Gasteiger partial charge in [0.15, 0.2) is 0 Å². The number of nitrogens with one attached hydrogen (secondary N) is 1. The van der Waals surface area contributed by atoms with E-state index in [0.717, 1.165) is 16.8 Å². The SMILES string of the molecule is Cc1cccc(C(N)=S)c1NC(c1cccs1)C(C)C. The number of thiocarbonyl (C=S) groups is 1. The average molecular weight is 304 g/mol. The molecule has 0 radical (unpaired) electrons. The first-order valence-corrected chi connectivity index (χ1v) is 7.99. The summed E-state index contributed by atoms with van der Waals surface area (Å²) in [6, 6.07) is 10.6. The monoisotopic (exact) mass is 304 g/mol. The Morgan fingerprint density at radius 2 is 2.00 bits per heavy atom. The molecule has 0 aliphatic rings. The summed E-state index contributed by atoms with van der Waals surface area (Å²) in [6.07, 6.45) is 0. The van der Waals surface area contributed by atoms with E-state index in [1.807, 2.05) is 12.1 Å². The van der Waals surface area contributed by atoms with Crippen LogP contribution in [0.2, 0.25) is 0 Å². The first kappa shape index (κ1) is 15.0. The molecule has 1 atom stereocenters. The lowest BCUT2D eigenvalue weighted by molar-refractivity contribution is 0.553. The second-order valence-corrected chi connectivity index (χ2v) is 6.66. The Labute approximate surface area is 130 Å². The van der Waals surface area contributed by atoms with Crippen molar-refractivity contribution in [2.24, 2.45) is 11.7 Å². The highest BCUT2D eigenvalue weighted by molar-refractivity contribution is 7.80. The van der Waals surface area contributed by atoms with Gasteiger partial charge < -0.3 is 11.1 Å². The molecule has 0 bridgehead atoms. The molecular weight excluding hydrogens is 284 g/mol. The number of para-hydroxylation sites is 1. The molecule has 106 valence electrons. The topological polar surface area (TPSA) is 38.0 Å². The van der Waals surface area contributed by atoms with E-state index in [4.69, 9.17) is 18.0 Å². The maximum absolute atomic E-state index is 5.85. The molecule has 0 amide bonds. The maximum Gasteiger partial charge on any atom is 0.106 e. The third kappa shape index (κ3) is 3.19. The summed E-state index contributed by atoms with van der Waals surface area (Å²) in [5, 5.41) is 5.75. The third-order valence-electron chi connectivity index (χ3n) is 3.35. The van der Waals surface area contributed by atoms with Crippen LogP contribution in [0.15, 0.2) is 35.7 Å². The number of aryl methyl sites for hydroxylation is 1. The predicted octanol–water partition coefficient (Wildman–Crippen LogP) is 4.50. The van der Waals surface area contributed by atoms with Gasteiger partial charge in [-0.05, 0) is 35.9 Å². The summed E-state index contributed by atoms with van der Waals surface area (Å²) in [4.78, 5) is 1.77. The highest BCUT2D eigenvalue weighted by Gasteiger charge is 2.19. The van der Waals surface area contributed by atoms with Crippen molar-refractivity contribution in [1.82, 2.24) is 0 Å². The van der Waals surface area contributed by atoms with Gasteiger partial charge in [-0.25, -0.2) is 0 Å². The van der Waals surface area contributed by atoms with Gasteiger partial charge in [0.25, 0.3) is 0 Å². The first-order valence-electron chi connectivity index (χ1n) is 6.70. The maximum atomic E-state index is 5.85. The van der Waals surface area contributed by atoms with Crippen LogP contribution >= 0.6 is 23.6 Å². The smallest absolute Gasteiger partial charge is 0.106 e. The van der Waals surface area contributed by atoms with Crippen LogP contribution in [0.3, 0.4) is 0 Å². The van der Waals surface area contributed by atoms with Crippen LogP contribution < -0.4 is 11.1 Å². The zero-order chi connectivity index (χ0) is 14.7. The van der Waals surface area contributed by atoms with Crippen LogP contribution in [0.4, 0.5) is 5.69 Å². The minimum Gasteiger partial charge on any atom is -0.389 e. The molecule has 0 saturated carbocycles. The summed E-state index contributed by atoms with van der Waals surface area (Å²) < 4.78 is 0. The Morgan fingerprint density at radius 1 is 1.25 bits per heavy atom. The summed E-state index contributed by atoms with van der Waals surface area (Å²) in [6.45, 7) is 6.52. The van der Waals surface area contributed by atoms with E-state index in [0.29, 0.717) is 10.9 Å². The second kappa shape index (κ2) is 6.37. The van der Waals surface area contributed by atoms with Crippen LogP contribution in [-0.4, -0.2) is 4.99 Å². The number of hydrogen-bond donors (Lipinski definition) is 2. The summed E-state index contributed by atoms with van der Waals surface area (Å²) in [5.41, 5.74) is 8.98. The van der Waals surface area contributed by atoms with Crippen LogP contribution in [-0.2, 0) is 0 Å². The Hall–Kier alpha value is -1.39. The van der Waals surface area contributed by atoms with Crippen molar-refractivity contribution in [3.05, 3.63) is 51.7 Å². The molecule has 4 heteroatoms. The Morgan fingerprint density at radius 3 is 2.55 bits per heavy atom. The fourth-order valence-corrected chi connectivity index (χ4v) is 3.37. The quantitative estimate of drug-likeness (QED) is 0.799. The van der Waals surface area contributed by atoms with Gasteiger partial charge in [0, 0.05) is 16.1 Å². The minimum absolute atomic E-state index is 0.268. The molecule has 0 saturated heterocycles. The molecular formula is C16H20N2S2. The van der Waals surface area contributed by atoms with Crippen molar-refractivity contribution in [3.8, 4) is 0 Å². The molecule has 3 N–H and O–H groups in total. The van der Waals surface area contributed by atoms with Gasteiger partial charge >= 0.3 is 0 Å². The molecule has 0 fully saturated rings. The Balaban J connectivity index is 2.39. The molecule has 1 aromatic carbocycles. The molecule has 1 heterocycles. The molecule has 0 aliphatic heterocycles. The zero-order valence-electron chi connectivity index (χ0n) is 12.0. The van der Waals surface area contributed by atoms with Gasteiger partial charge in [-0.3, -0.25) is 0 Å². The van der Waals surface area contributed by atoms with Crippen LogP contribution in [0.1, 0.15) is 35.9 Å². The molecule has 1 unspecified atom stereocenters. The molecule has 0 aliphatic carbocycles. The molecule has 2 nitrogen and oxygen atoms in total. The molecule has 2 rings (SSSR count). The predicted molar refractivity (Wildman–Crippen MR) is 92.6 cm³/mol. The van der Waals surface area contributed by atoms with E-state index in [1.54, 1.807) is 11.3 Å². The van der Waals surface area contributed by atoms with Crippen molar-refractivity contribution >= 4 is 34.2 Å². The van der Waals surface area contributed by atoms with Crippen molar-refractivity contribution in [2.45, 2.75) is 26.8 Å². The fourth-order valence-electron chi connectivity index (χ4n) is 2.25. The first-order chi connectivity index (χ1) is 9.50. The van der Waals surface area contributed by atoms with Crippen molar-refractivity contribution < 1.29 is 0 Å². The lowest BCUT2D eigenvalue weighted by Gasteiger charge is -2.25. The number of thiophene rings is 1. The third-order valence-corrected chi connectivity index (χ3v) is 4.53. The van der Waals surface area contributed by atoms with Crippen LogP contribution in [0, 0.1) is 12.8 Å². The van der Waals surface area contributed by atoms with Gasteiger partial charge in [0.05, 0.1) is 6.04 Å². The summed E-state index contributed by atoms with van der Waals surface area (Å²) >= 11 is 6.94. The van der Waals surface area contributed by atoms with E-state index in [1.165, 1.54) is 4.88 Å². The summed E-state index contributed by atoms with van der Waals surface area (Å²) in [5.74, 6) is 0.479. The Kier molecular flexibility index (Phi) is 4.78. The standard InChI is InChI=1S/C16H20N2S2/c1-10(2)14(13-8-5-9-20-13)18-15-11(3)6-4-7-12(15)16(17)19/h4-10,14,18H,1-3H3,(H2,17,19). The Bertz CT molecular complexity index is 589. The summed E-state index contributed by atoms with van der Waals surface area (Å²) in [7, 11) is 0. The van der Waals surface area contributed by atoms with Gasteiger partial charge in [0.1, 0.15) is 4.99 Å². The number of anilines is 1. The lowest BCUT2D eigenvalue weighted by atomic mass is 10.00. The van der Waals surface area contributed by atoms with E-state index in [-0.39, 0.29) is 6.04 Å². The van der Waals surface area contributed by atoms with Gasteiger partial charge in [-0.15, -0.1) is 11.3 Å². The fraction of sp³-hybridized carbons (Fsp3) is 0.312. The van der Waals surface area contributed by atoms with Gasteiger partial charge in [0.2, 0.25) is 0 Å². The van der Waals surface area contributed by atoms with E-state index < -0.39 is 0 Å². The van der Waals surface area contributed by atoms with Crippen LogP contribution in [0.5, 0.6) is 0 Å². The van der Waals surface area contributed by atoms with E-state index in [9.17, 15) is 0 Å². The normalized spacial score (nSPS) is 12.4. The molecule has 20 heavy (non-hydrogen) atoms. The number of rotatable bonds is 5. The van der Waals surface area contributed by atoms with Gasteiger partial charge in [-0.2, -0.15) is 0 Å². The van der Waals surface area contributed by atoms with Gasteiger partial charge in [-0.1, -0.05) is 44.3 Å². The van der Waals surface area contributed by atoms with E-state index in [2.05, 4.69) is 49.7 Å². The zero-order valence-corrected chi connectivity index (χ0v) is 13.6. The lowest BCUT2D eigenvalue weighted by Crippen LogP contribution is -2.20. The highest BCUT2D eigenvalue weighted by Crippen LogP contribution is 2.32.